The van der Waals surface area contributed by atoms with Gasteiger partial charge in [-0.1, -0.05) is 36.8 Å². The molecule has 0 bridgehead atoms. The molecule has 0 saturated carbocycles. The summed E-state index contributed by atoms with van der Waals surface area (Å²) in [6, 6.07) is 14.9. The first kappa shape index (κ1) is 19.6. The van der Waals surface area contributed by atoms with E-state index in [0.717, 1.165) is 24.2 Å². The number of methoxy groups -OCH3 is 1. The lowest BCUT2D eigenvalue weighted by Gasteiger charge is -2.37. The van der Waals surface area contributed by atoms with Gasteiger partial charge in [-0.3, -0.25) is 0 Å². The summed E-state index contributed by atoms with van der Waals surface area (Å²) < 4.78 is 21.1. The SMILES string of the molecule is COC(C[C@@]1(C)Cc2cnn(-c3ccc(F)cc3)c2C=C1C)c1ccccc1C. The minimum absolute atomic E-state index is 0.0212. The van der Waals surface area contributed by atoms with Gasteiger partial charge in [-0.05, 0) is 79.1 Å². The number of ether oxygens (including phenoxy) is 1. The van der Waals surface area contributed by atoms with Gasteiger partial charge >= 0.3 is 0 Å². The Kier molecular flexibility index (Phi) is 5.13. The number of aryl methyl sites for hydroxylation is 1. The fourth-order valence-corrected chi connectivity index (χ4v) is 4.32. The van der Waals surface area contributed by atoms with Gasteiger partial charge in [0.2, 0.25) is 0 Å². The predicted octanol–water partition coefficient (Wildman–Crippen LogP) is 6.06. The van der Waals surface area contributed by atoms with Crippen molar-refractivity contribution in [3.8, 4) is 5.69 Å². The van der Waals surface area contributed by atoms with E-state index in [-0.39, 0.29) is 17.3 Å². The highest BCUT2D eigenvalue weighted by molar-refractivity contribution is 5.60. The van der Waals surface area contributed by atoms with Crippen LogP contribution in [0.2, 0.25) is 0 Å². The minimum Gasteiger partial charge on any atom is -0.377 e. The normalized spacial score (nSPS) is 19.6. The van der Waals surface area contributed by atoms with Crippen molar-refractivity contribution in [1.82, 2.24) is 9.78 Å². The fraction of sp³-hybridized carbons (Fsp3) is 0.320. The molecule has 2 aromatic carbocycles. The molecule has 3 nitrogen and oxygen atoms in total. The molecule has 4 heteroatoms. The van der Waals surface area contributed by atoms with Crippen molar-refractivity contribution in [1.29, 1.82) is 0 Å². The van der Waals surface area contributed by atoms with Gasteiger partial charge in [0.15, 0.2) is 0 Å². The molecule has 0 saturated heterocycles. The molecule has 0 radical (unpaired) electrons. The number of hydrogen-bond acceptors (Lipinski definition) is 2. The highest BCUT2D eigenvalue weighted by atomic mass is 19.1. The van der Waals surface area contributed by atoms with Crippen molar-refractivity contribution in [2.24, 2.45) is 5.41 Å². The summed E-state index contributed by atoms with van der Waals surface area (Å²) in [6.45, 7) is 6.63. The first-order chi connectivity index (χ1) is 13.9. The van der Waals surface area contributed by atoms with Crippen molar-refractivity contribution in [2.45, 2.75) is 39.7 Å². The molecule has 0 N–H and O–H groups in total. The Morgan fingerprint density at radius 2 is 1.86 bits per heavy atom. The summed E-state index contributed by atoms with van der Waals surface area (Å²) in [5.74, 6) is -0.240. The van der Waals surface area contributed by atoms with Gasteiger partial charge in [-0.15, -0.1) is 0 Å². The molecule has 0 amide bonds. The van der Waals surface area contributed by atoms with Crippen LogP contribution >= 0.6 is 0 Å². The van der Waals surface area contributed by atoms with Crippen LogP contribution in [0.4, 0.5) is 4.39 Å². The van der Waals surface area contributed by atoms with Crippen LogP contribution in [-0.2, 0) is 11.2 Å². The minimum atomic E-state index is -0.240. The Labute approximate surface area is 171 Å². The molecular weight excluding hydrogens is 363 g/mol. The summed E-state index contributed by atoms with van der Waals surface area (Å²) in [4.78, 5) is 0. The Bertz CT molecular complexity index is 1050. The molecule has 1 heterocycles. The van der Waals surface area contributed by atoms with Crippen molar-refractivity contribution < 1.29 is 9.13 Å². The van der Waals surface area contributed by atoms with Crippen LogP contribution in [0.3, 0.4) is 0 Å². The highest BCUT2D eigenvalue weighted by Crippen LogP contribution is 2.45. The first-order valence-electron chi connectivity index (χ1n) is 10.0. The largest absolute Gasteiger partial charge is 0.377 e. The number of fused-ring (bicyclic) bond motifs is 1. The van der Waals surface area contributed by atoms with E-state index in [9.17, 15) is 4.39 Å². The monoisotopic (exact) mass is 390 g/mol. The van der Waals surface area contributed by atoms with Crippen LogP contribution in [0.1, 0.15) is 48.8 Å². The summed E-state index contributed by atoms with van der Waals surface area (Å²) in [5, 5.41) is 4.59. The van der Waals surface area contributed by atoms with Crippen LogP contribution in [-0.4, -0.2) is 16.9 Å². The predicted molar refractivity (Wildman–Crippen MR) is 115 cm³/mol. The van der Waals surface area contributed by atoms with Gasteiger partial charge in [0, 0.05) is 7.11 Å². The Balaban J connectivity index is 1.65. The van der Waals surface area contributed by atoms with Crippen LogP contribution in [0, 0.1) is 18.2 Å². The van der Waals surface area contributed by atoms with Crippen molar-refractivity contribution >= 4 is 6.08 Å². The van der Waals surface area contributed by atoms with E-state index in [4.69, 9.17) is 4.74 Å². The standard InChI is InChI=1S/C25H27FN2O/c1-17-7-5-6-8-22(17)24(29-4)15-25(3)14-19-16-27-28(23(19)13-18(25)2)21-11-9-20(26)10-12-21/h5-13,16,24H,14-15H2,1-4H3/t24?,25-/m1/s1. The Morgan fingerprint density at radius 3 is 2.55 bits per heavy atom. The molecule has 0 aliphatic heterocycles. The molecular formula is C25H27FN2O. The van der Waals surface area contributed by atoms with E-state index in [2.05, 4.69) is 56.2 Å². The third-order valence-electron chi connectivity index (χ3n) is 6.30. The van der Waals surface area contributed by atoms with Crippen LogP contribution < -0.4 is 0 Å². The quantitative estimate of drug-likeness (QED) is 0.529. The lowest BCUT2D eigenvalue weighted by atomic mass is 9.69. The van der Waals surface area contributed by atoms with Gasteiger partial charge in [-0.25, -0.2) is 9.07 Å². The molecule has 1 aliphatic rings. The van der Waals surface area contributed by atoms with Crippen molar-refractivity contribution in [3.63, 3.8) is 0 Å². The maximum absolute atomic E-state index is 13.3. The second-order valence-electron chi connectivity index (χ2n) is 8.29. The summed E-state index contributed by atoms with van der Waals surface area (Å²) >= 11 is 0. The number of rotatable bonds is 5. The van der Waals surface area contributed by atoms with Gasteiger partial charge in [-0.2, -0.15) is 5.10 Å². The molecule has 1 aromatic heterocycles. The summed E-state index contributed by atoms with van der Waals surface area (Å²) in [6.07, 6.45) is 6.00. The molecule has 0 spiro atoms. The number of hydrogen-bond donors (Lipinski definition) is 0. The van der Waals surface area contributed by atoms with E-state index in [1.165, 1.54) is 34.4 Å². The van der Waals surface area contributed by atoms with E-state index in [1.54, 1.807) is 19.2 Å². The number of allylic oxidation sites excluding steroid dienone is 1. The van der Waals surface area contributed by atoms with Gasteiger partial charge in [0.05, 0.1) is 23.7 Å². The van der Waals surface area contributed by atoms with Gasteiger partial charge < -0.3 is 4.74 Å². The molecule has 150 valence electrons. The smallest absolute Gasteiger partial charge is 0.123 e. The summed E-state index contributed by atoms with van der Waals surface area (Å²) in [7, 11) is 1.79. The van der Waals surface area contributed by atoms with Crippen LogP contribution in [0.15, 0.2) is 60.3 Å². The molecule has 1 unspecified atom stereocenters. The maximum atomic E-state index is 13.3. The lowest BCUT2D eigenvalue weighted by Crippen LogP contribution is -2.28. The van der Waals surface area contributed by atoms with Crippen LogP contribution in [0.5, 0.6) is 0 Å². The van der Waals surface area contributed by atoms with E-state index < -0.39 is 0 Å². The number of aromatic nitrogens is 2. The number of halogens is 1. The topological polar surface area (TPSA) is 27.1 Å². The highest BCUT2D eigenvalue weighted by Gasteiger charge is 2.36. The molecule has 3 aromatic rings. The third-order valence-corrected chi connectivity index (χ3v) is 6.30. The average Bonchev–Trinajstić information content (AvgIpc) is 3.10. The number of benzene rings is 2. The van der Waals surface area contributed by atoms with Gasteiger partial charge in [0.25, 0.3) is 0 Å². The average molecular weight is 391 g/mol. The zero-order valence-electron chi connectivity index (χ0n) is 17.4. The lowest BCUT2D eigenvalue weighted by molar-refractivity contribution is 0.0649. The molecule has 2 atom stereocenters. The fourth-order valence-electron chi connectivity index (χ4n) is 4.32. The molecule has 1 aliphatic carbocycles. The van der Waals surface area contributed by atoms with E-state index >= 15 is 0 Å². The van der Waals surface area contributed by atoms with Crippen LogP contribution in [0.25, 0.3) is 11.8 Å². The summed E-state index contributed by atoms with van der Waals surface area (Å²) in [5.41, 5.74) is 6.95. The van der Waals surface area contributed by atoms with E-state index in [0.29, 0.717) is 0 Å². The van der Waals surface area contributed by atoms with E-state index in [1.807, 2.05) is 10.9 Å². The van der Waals surface area contributed by atoms with Crippen molar-refractivity contribution in [2.75, 3.05) is 7.11 Å². The first-order valence-corrected chi connectivity index (χ1v) is 10.0. The second-order valence-corrected chi connectivity index (χ2v) is 8.29. The Morgan fingerprint density at radius 1 is 1.14 bits per heavy atom. The molecule has 4 rings (SSSR count). The zero-order valence-corrected chi connectivity index (χ0v) is 17.4. The van der Waals surface area contributed by atoms with Crippen molar-refractivity contribution in [3.05, 3.63) is 88.5 Å². The molecule has 29 heavy (non-hydrogen) atoms. The molecule has 0 fully saturated rings. The third kappa shape index (κ3) is 3.65. The van der Waals surface area contributed by atoms with Gasteiger partial charge in [0.1, 0.15) is 5.82 Å². The zero-order chi connectivity index (χ0) is 20.6. The maximum Gasteiger partial charge on any atom is 0.123 e. The number of nitrogens with zero attached hydrogens (tertiary/aromatic N) is 2. The Hall–Kier alpha value is -2.72. The second kappa shape index (κ2) is 7.60.